The van der Waals surface area contributed by atoms with Crippen LogP contribution >= 0.6 is 0 Å². The maximum atomic E-state index is 13.0. The highest BCUT2D eigenvalue weighted by Crippen LogP contribution is 2.30. The number of hydrogen-bond donors (Lipinski definition) is 2. The Morgan fingerprint density at radius 2 is 1.79 bits per heavy atom. The van der Waals surface area contributed by atoms with Crippen molar-refractivity contribution in [2.45, 2.75) is 38.5 Å². The van der Waals surface area contributed by atoms with Gasteiger partial charge in [0.25, 0.3) is 0 Å². The molecule has 0 bridgehead atoms. The van der Waals surface area contributed by atoms with Gasteiger partial charge in [-0.25, -0.2) is 8.42 Å². The van der Waals surface area contributed by atoms with Gasteiger partial charge in [-0.15, -0.1) is 0 Å². The summed E-state index contributed by atoms with van der Waals surface area (Å²) in [5.41, 5.74) is 7.10. The molecule has 6 nitrogen and oxygen atoms in total. The number of rotatable bonds is 11. The van der Waals surface area contributed by atoms with Crippen molar-refractivity contribution in [3.05, 3.63) is 18.2 Å². The lowest BCUT2D eigenvalue weighted by Gasteiger charge is -2.29. The van der Waals surface area contributed by atoms with Crippen molar-refractivity contribution in [2.75, 3.05) is 50.4 Å². The van der Waals surface area contributed by atoms with Crippen LogP contribution in [0.3, 0.4) is 0 Å². The summed E-state index contributed by atoms with van der Waals surface area (Å²) in [5, 5.41) is 3.13. The SMILES string of the molecule is CCCN(CCCNC)c1ccc(N)cc1S(=O)(=O)N(CC)CC. The molecule has 3 N–H and O–H groups in total. The predicted molar refractivity (Wildman–Crippen MR) is 102 cm³/mol. The second kappa shape index (κ2) is 9.86. The van der Waals surface area contributed by atoms with Crippen LogP contribution in [0.4, 0.5) is 11.4 Å². The molecule has 0 heterocycles. The van der Waals surface area contributed by atoms with Crippen molar-refractivity contribution in [3.63, 3.8) is 0 Å². The molecule has 1 rings (SSSR count). The zero-order chi connectivity index (χ0) is 18.2. The molecule has 24 heavy (non-hydrogen) atoms. The van der Waals surface area contributed by atoms with Crippen molar-refractivity contribution in [3.8, 4) is 0 Å². The van der Waals surface area contributed by atoms with Crippen LogP contribution in [0.25, 0.3) is 0 Å². The molecule has 0 spiro atoms. The average molecular weight is 357 g/mol. The molecule has 0 amide bonds. The lowest BCUT2D eigenvalue weighted by molar-refractivity contribution is 0.445. The van der Waals surface area contributed by atoms with E-state index in [1.807, 2.05) is 27.0 Å². The standard InChI is InChI=1S/C17H32N4O2S/c1-5-12-20(13-8-11-19-4)16-10-9-15(18)14-17(16)24(22,23)21(6-2)7-3/h9-10,14,19H,5-8,11-13,18H2,1-4H3. The van der Waals surface area contributed by atoms with Crippen molar-refractivity contribution in [1.29, 1.82) is 0 Å². The number of hydrogen-bond acceptors (Lipinski definition) is 5. The van der Waals surface area contributed by atoms with E-state index in [-0.39, 0.29) is 0 Å². The highest BCUT2D eigenvalue weighted by Gasteiger charge is 2.27. The summed E-state index contributed by atoms with van der Waals surface area (Å²) < 4.78 is 27.6. The number of nitrogen functional groups attached to an aromatic ring is 1. The van der Waals surface area contributed by atoms with Crippen molar-refractivity contribution >= 4 is 21.4 Å². The van der Waals surface area contributed by atoms with Crippen LogP contribution in [0.2, 0.25) is 0 Å². The van der Waals surface area contributed by atoms with Gasteiger partial charge in [-0.05, 0) is 44.6 Å². The van der Waals surface area contributed by atoms with E-state index in [0.717, 1.165) is 38.2 Å². The maximum absolute atomic E-state index is 13.0. The normalized spacial score (nSPS) is 11.9. The van der Waals surface area contributed by atoms with Crippen LogP contribution < -0.4 is 16.0 Å². The number of nitrogens with two attached hydrogens (primary N) is 1. The van der Waals surface area contributed by atoms with Crippen LogP contribution in [-0.2, 0) is 10.0 Å². The first kappa shape index (κ1) is 20.7. The van der Waals surface area contributed by atoms with E-state index in [4.69, 9.17) is 5.73 Å². The largest absolute Gasteiger partial charge is 0.399 e. The van der Waals surface area contributed by atoms with E-state index in [0.29, 0.717) is 23.7 Å². The van der Waals surface area contributed by atoms with Gasteiger partial charge in [0.05, 0.1) is 5.69 Å². The minimum atomic E-state index is -3.55. The molecule has 138 valence electrons. The molecule has 0 radical (unpaired) electrons. The number of sulfonamides is 1. The monoisotopic (exact) mass is 356 g/mol. The first-order chi connectivity index (χ1) is 11.4. The second-order valence-electron chi connectivity index (χ2n) is 5.76. The third kappa shape index (κ3) is 5.09. The Bertz CT molecular complexity index is 601. The van der Waals surface area contributed by atoms with E-state index in [2.05, 4.69) is 17.1 Å². The lowest BCUT2D eigenvalue weighted by atomic mass is 10.2. The van der Waals surface area contributed by atoms with Gasteiger partial charge < -0.3 is 16.0 Å². The highest BCUT2D eigenvalue weighted by atomic mass is 32.2. The van der Waals surface area contributed by atoms with Gasteiger partial charge in [-0.2, -0.15) is 4.31 Å². The fourth-order valence-electron chi connectivity index (χ4n) is 2.77. The Morgan fingerprint density at radius 1 is 1.12 bits per heavy atom. The second-order valence-corrected chi connectivity index (χ2v) is 7.67. The molecule has 0 aliphatic rings. The van der Waals surface area contributed by atoms with Gasteiger partial charge in [0.15, 0.2) is 0 Å². The Labute approximate surface area is 147 Å². The topological polar surface area (TPSA) is 78.7 Å². The summed E-state index contributed by atoms with van der Waals surface area (Å²) in [6.07, 6.45) is 1.90. The molecule has 1 aromatic rings. The minimum absolute atomic E-state index is 0.309. The van der Waals surface area contributed by atoms with Gasteiger partial charge in [-0.3, -0.25) is 0 Å². The third-order valence-corrected chi connectivity index (χ3v) is 6.08. The van der Waals surface area contributed by atoms with Gasteiger partial charge in [0.1, 0.15) is 4.90 Å². The molecular weight excluding hydrogens is 324 g/mol. The highest BCUT2D eigenvalue weighted by molar-refractivity contribution is 7.89. The van der Waals surface area contributed by atoms with Gasteiger partial charge in [0, 0.05) is 31.9 Å². The molecule has 0 saturated carbocycles. The molecule has 1 aromatic carbocycles. The summed E-state index contributed by atoms with van der Waals surface area (Å²) in [5.74, 6) is 0. The Kier molecular flexibility index (Phi) is 8.52. The van der Waals surface area contributed by atoms with E-state index >= 15 is 0 Å². The van der Waals surface area contributed by atoms with E-state index in [9.17, 15) is 8.42 Å². The molecule has 7 heteroatoms. The first-order valence-electron chi connectivity index (χ1n) is 8.71. The van der Waals surface area contributed by atoms with Gasteiger partial charge >= 0.3 is 0 Å². The number of nitrogens with one attached hydrogen (secondary N) is 1. The Hall–Kier alpha value is -1.31. The number of benzene rings is 1. The fourth-order valence-corrected chi connectivity index (χ4v) is 4.47. The van der Waals surface area contributed by atoms with Crippen LogP contribution in [0.1, 0.15) is 33.6 Å². The molecular formula is C17H32N4O2S. The Balaban J connectivity index is 3.31. The summed E-state index contributed by atoms with van der Waals surface area (Å²) in [6.45, 7) is 9.21. The van der Waals surface area contributed by atoms with Crippen molar-refractivity contribution < 1.29 is 8.42 Å². The molecule has 0 saturated heterocycles. The number of nitrogens with zero attached hydrogens (tertiary/aromatic N) is 2. The molecule has 0 unspecified atom stereocenters. The Morgan fingerprint density at radius 3 is 2.33 bits per heavy atom. The molecule has 0 aliphatic carbocycles. The minimum Gasteiger partial charge on any atom is -0.399 e. The fraction of sp³-hybridized carbons (Fsp3) is 0.647. The van der Waals surface area contributed by atoms with E-state index in [1.54, 1.807) is 12.1 Å². The molecule has 0 aromatic heterocycles. The quantitative estimate of drug-likeness (QED) is 0.469. The van der Waals surface area contributed by atoms with Crippen molar-refractivity contribution in [1.82, 2.24) is 9.62 Å². The van der Waals surface area contributed by atoms with E-state index < -0.39 is 10.0 Å². The summed E-state index contributed by atoms with van der Waals surface area (Å²) >= 11 is 0. The van der Waals surface area contributed by atoms with Crippen LogP contribution in [0.5, 0.6) is 0 Å². The van der Waals surface area contributed by atoms with Crippen LogP contribution in [-0.4, -0.2) is 52.5 Å². The van der Waals surface area contributed by atoms with E-state index in [1.165, 1.54) is 4.31 Å². The summed E-state index contributed by atoms with van der Waals surface area (Å²) in [6, 6.07) is 5.20. The number of anilines is 2. The average Bonchev–Trinajstić information content (AvgIpc) is 2.55. The van der Waals surface area contributed by atoms with Gasteiger partial charge in [-0.1, -0.05) is 20.8 Å². The molecule has 0 aliphatic heterocycles. The first-order valence-corrected chi connectivity index (χ1v) is 10.2. The van der Waals surface area contributed by atoms with Crippen molar-refractivity contribution in [2.24, 2.45) is 0 Å². The summed E-state index contributed by atoms with van der Waals surface area (Å²) in [4.78, 5) is 2.46. The molecule has 0 fully saturated rings. The van der Waals surface area contributed by atoms with Crippen LogP contribution in [0.15, 0.2) is 23.1 Å². The van der Waals surface area contributed by atoms with Crippen LogP contribution in [0, 0.1) is 0 Å². The summed E-state index contributed by atoms with van der Waals surface area (Å²) in [7, 11) is -1.63. The molecule has 0 atom stereocenters. The zero-order valence-electron chi connectivity index (χ0n) is 15.4. The zero-order valence-corrected chi connectivity index (χ0v) is 16.2. The van der Waals surface area contributed by atoms with Gasteiger partial charge in [0.2, 0.25) is 10.0 Å². The maximum Gasteiger partial charge on any atom is 0.245 e. The third-order valence-electron chi connectivity index (χ3n) is 4.00. The smallest absolute Gasteiger partial charge is 0.245 e. The lowest BCUT2D eigenvalue weighted by Crippen LogP contribution is -2.34. The predicted octanol–water partition coefficient (Wildman–Crippen LogP) is 2.13.